The Hall–Kier alpha value is -2.39. The largest absolute Gasteiger partial charge is 0.515 e. The number of benzene rings is 2. The topological polar surface area (TPSA) is 63.9 Å². The van der Waals surface area contributed by atoms with Crippen LogP contribution < -0.4 is 4.74 Å². The molecule has 0 unspecified atom stereocenters. The number of aromatic nitrogens is 1. The summed E-state index contributed by atoms with van der Waals surface area (Å²) in [4.78, 5) is 9.31. The third-order valence-corrected chi connectivity index (χ3v) is 5.87. The van der Waals surface area contributed by atoms with Crippen LogP contribution in [0.4, 0.5) is 0 Å². The second-order valence-electron chi connectivity index (χ2n) is 8.45. The summed E-state index contributed by atoms with van der Waals surface area (Å²) < 4.78 is 12.1. The zero-order valence-electron chi connectivity index (χ0n) is 16.9. The number of pyridine rings is 1. The first-order valence-electron chi connectivity index (χ1n) is 10.0. The maximum atomic E-state index is 10.0. The number of hydrogen-bond acceptors (Lipinski definition) is 5. The fourth-order valence-corrected chi connectivity index (χ4v) is 4.30. The Bertz CT molecular complexity index is 1110. The standard InChI is InChI=1S/C24H23N2O3.Pt/c1-24(2)13-5-10-19-22(24)26-23(29-19)16-7-3-8-17(14-16)28-20-12-11-15-6-4-9-18(27)21(15)25-20;/h3-4,6-9,11-12,19,22,27H,5,10,13H2,1-2H3;/q-1;/t19-,22-;/m1./s1. The van der Waals surface area contributed by atoms with Gasteiger partial charge in [-0.25, -0.2) is 4.98 Å². The molecule has 6 heteroatoms. The zero-order valence-corrected chi connectivity index (χ0v) is 19.1. The van der Waals surface area contributed by atoms with Crippen LogP contribution in [0.5, 0.6) is 17.4 Å². The summed E-state index contributed by atoms with van der Waals surface area (Å²) in [7, 11) is 0. The summed E-state index contributed by atoms with van der Waals surface area (Å²) >= 11 is 0. The smallest absolute Gasteiger partial charge is 0.217 e. The number of para-hydroxylation sites is 1. The van der Waals surface area contributed by atoms with Crippen molar-refractivity contribution in [3.63, 3.8) is 0 Å². The molecule has 1 aromatic heterocycles. The minimum Gasteiger partial charge on any atom is -0.515 e. The Morgan fingerprint density at radius 3 is 2.80 bits per heavy atom. The van der Waals surface area contributed by atoms with Gasteiger partial charge < -0.3 is 14.6 Å². The van der Waals surface area contributed by atoms with E-state index >= 15 is 0 Å². The molecule has 1 saturated carbocycles. The predicted octanol–water partition coefficient (Wildman–Crippen LogP) is 5.25. The van der Waals surface area contributed by atoms with Crippen molar-refractivity contribution in [2.75, 3.05) is 0 Å². The molecule has 0 spiro atoms. The summed E-state index contributed by atoms with van der Waals surface area (Å²) in [5.74, 6) is 1.70. The minimum atomic E-state index is 0. The third-order valence-electron chi connectivity index (χ3n) is 5.87. The van der Waals surface area contributed by atoms with Crippen molar-refractivity contribution in [3.8, 4) is 17.4 Å². The molecule has 0 bridgehead atoms. The first-order valence-corrected chi connectivity index (χ1v) is 10.0. The number of aliphatic imine (C=N–C) groups is 1. The van der Waals surface area contributed by atoms with Crippen LogP contribution >= 0.6 is 0 Å². The summed E-state index contributed by atoms with van der Waals surface area (Å²) in [6.45, 7) is 4.54. The molecule has 158 valence electrons. The molecule has 1 aliphatic carbocycles. The molecule has 2 atom stereocenters. The first-order chi connectivity index (χ1) is 14.0. The van der Waals surface area contributed by atoms with Crippen LogP contribution in [0.1, 0.15) is 38.7 Å². The van der Waals surface area contributed by atoms with Gasteiger partial charge in [0.15, 0.2) is 0 Å². The maximum Gasteiger partial charge on any atom is 0.217 e. The van der Waals surface area contributed by atoms with Gasteiger partial charge in [-0.2, -0.15) is 0 Å². The molecule has 0 amide bonds. The van der Waals surface area contributed by atoms with Crippen LogP contribution in [0.2, 0.25) is 0 Å². The molecular weight excluding hydrogens is 559 g/mol. The van der Waals surface area contributed by atoms with Gasteiger partial charge >= 0.3 is 0 Å². The molecule has 1 N–H and O–H groups in total. The van der Waals surface area contributed by atoms with Crippen LogP contribution in [0.3, 0.4) is 0 Å². The van der Waals surface area contributed by atoms with E-state index < -0.39 is 0 Å². The number of rotatable bonds is 3. The summed E-state index contributed by atoms with van der Waals surface area (Å²) in [5, 5.41) is 10.9. The van der Waals surface area contributed by atoms with Gasteiger partial charge in [-0.3, -0.25) is 4.99 Å². The molecular formula is C24H23N2O3Pt-. The summed E-state index contributed by atoms with van der Waals surface area (Å²) in [6, 6.07) is 18.1. The molecule has 5 rings (SSSR count). The van der Waals surface area contributed by atoms with E-state index in [1.165, 1.54) is 12.8 Å². The molecule has 0 radical (unpaired) electrons. The summed E-state index contributed by atoms with van der Waals surface area (Å²) in [5.41, 5.74) is 1.45. The Balaban J connectivity index is 0.00000218. The van der Waals surface area contributed by atoms with Crippen molar-refractivity contribution in [2.24, 2.45) is 10.4 Å². The van der Waals surface area contributed by atoms with Crippen LogP contribution in [0.15, 0.2) is 53.5 Å². The number of nitrogens with zero attached hydrogens (tertiary/aromatic N) is 2. The molecule has 30 heavy (non-hydrogen) atoms. The monoisotopic (exact) mass is 582 g/mol. The number of fused-ring (bicyclic) bond motifs is 2. The van der Waals surface area contributed by atoms with E-state index in [9.17, 15) is 5.11 Å². The van der Waals surface area contributed by atoms with Crippen molar-refractivity contribution >= 4 is 16.8 Å². The number of phenolic OH excluding ortho intramolecular Hbond substituents is 1. The first kappa shape index (κ1) is 20.9. The molecule has 1 fully saturated rings. The van der Waals surface area contributed by atoms with Crippen LogP contribution in [-0.2, 0) is 25.8 Å². The number of hydrogen-bond donors (Lipinski definition) is 1. The van der Waals surface area contributed by atoms with E-state index in [2.05, 4.69) is 24.9 Å². The summed E-state index contributed by atoms with van der Waals surface area (Å²) in [6.07, 6.45) is 3.53. The third kappa shape index (κ3) is 3.83. The Morgan fingerprint density at radius 1 is 1.13 bits per heavy atom. The number of phenols is 1. The van der Waals surface area contributed by atoms with E-state index in [0.29, 0.717) is 23.0 Å². The molecule has 5 nitrogen and oxygen atoms in total. The van der Waals surface area contributed by atoms with Crippen LogP contribution in [0.25, 0.3) is 10.9 Å². The average Bonchev–Trinajstić information content (AvgIpc) is 3.15. The van der Waals surface area contributed by atoms with Gasteiger partial charge in [-0.05, 0) is 36.8 Å². The molecule has 2 heterocycles. The number of ether oxygens (including phenoxy) is 2. The molecule has 2 aliphatic rings. The van der Waals surface area contributed by atoms with Gasteiger partial charge in [-0.1, -0.05) is 37.6 Å². The fourth-order valence-electron chi connectivity index (χ4n) is 4.30. The van der Waals surface area contributed by atoms with Crippen LogP contribution in [0, 0.1) is 11.5 Å². The Labute approximate surface area is 190 Å². The molecule has 3 aromatic rings. The number of aromatic hydroxyl groups is 1. The SMILES string of the molecule is CC1(C)CCC[C@H]2OC(c3[c-]c(Oc4ccc5cccc(O)c5n4)ccc3)=N[C@H]21.[Pt]. The quantitative estimate of drug-likeness (QED) is 0.429. The van der Waals surface area contributed by atoms with Gasteiger partial charge in [0.2, 0.25) is 5.88 Å². The Morgan fingerprint density at radius 2 is 1.97 bits per heavy atom. The second-order valence-corrected chi connectivity index (χ2v) is 8.45. The molecule has 1 aliphatic heterocycles. The van der Waals surface area contributed by atoms with E-state index in [0.717, 1.165) is 17.4 Å². The van der Waals surface area contributed by atoms with Gasteiger partial charge in [-0.15, -0.1) is 18.2 Å². The van der Waals surface area contributed by atoms with Crippen molar-refractivity contribution < 1.29 is 35.6 Å². The van der Waals surface area contributed by atoms with Crippen LogP contribution in [-0.4, -0.2) is 28.1 Å². The van der Waals surface area contributed by atoms with E-state index in [4.69, 9.17) is 14.5 Å². The van der Waals surface area contributed by atoms with Gasteiger partial charge in [0.1, 0.15) is 23.3 Å². The van der Waals surface area contributed by atoms with E-state index in [1.54, 1.807) is 18.2 Å². The van der Waals surface area contributed by atoms with Gasteiger partial charge in [0, 0.05) is 38.3 Å². The molecule has 2 aromatic carbocycles. The normalized spacial score (nSPS) is 21.9. The van der Waals surface area contributed by atoms with E-state index in [1.807, 2.05) is 30.3 Å². The van der Waals surface area contributed by atoms with Crippen molar-refractivity contribution in [2.45, 2.75) is 45.3 Å². The fraction of sp³-hybridized carbons (Fsp3) is 0.333. The molecule has 0 saturated heterocycles. The van der Waals surface area contributed by atoms with Gasteiger partial charge in [0.25, 0.3) is 0 Å². The average molecular weight is 583 g/mol. The Kier molecular flexibility index (Phi) is 5.59. The van der Waals surface area contributed by atoms with Crippen molar-refractivity contribution in [3.05, 3.63) is 60.2 Å². The van der Waals surface area contributed by atoms with Crippen molar-refractivity contribution in [1.82, 2.24) is 4.98 Å². The zero-order chi connectivity index (χ0) is 20.0. The maximum absolute atomic E-state index is 10.0. The minimum absolute atomic E-state index is 0. The van der Waals surface area contributed by atoms with Crippen molar-refractivity contribution in [1.29, 1.82) is 0 Å². The van der Waals surface area contributed by atoms with Gasteiger partial charge in [0.05, 0.1) is 6.04 Å². The second kappa shape index (κ2) is 8.03. The predicted molar refractivity (Wildman–Crippen MR) is 112 cm³/mol. The van der Waals surface area contributed by atoms with E-state index in [-0.39, 0.29) is 44.4 Å².